The van der Waals surface area contributed by atoms with E-state index in [1.54, 1.807) is 24.4 Å². The highest BCUT2D eigenvalue weighted by Gasteiger charge is 2.10. The molecule has 27 heavy (non-hydrogen) atoms. The SMILES string of the molecule is Cn1c(CNCc2cccnc2Oc2ccccc2F)nc2ccccc21. The fraction of sp³-hybridized carbons (Fsp3) is 0.143. The fourth-order valence-electron chi connectivity index (χ4n) is 2.94. The lowest BCUT2D eigenvalue weighted by Gasteiger charge is -2.11. The number of nitrogens with one attached hydrogen (secondary N) is 1. The van der Waals surface area contributed by atoms with Crippen molar-refractivity contribution in [1.82, 2.24) is 19.9 Å². The number of imidazole rings is 1. The summed E-state index contributed by atoms with van der Waals surface area (Å²) in [6, 6.07) is 18.1. The van der Waals surface area contributed by atoms with E-state index in [4.69, 9.17) is 4.74 Å². The molecule has 0 fully saturated rings. The Kier molecular flexibility index (Phi) is 4.80. The van der Waals surface area contributed by atoms with Gasteiger partial charge in [0, 0.05) is 25.4 Å². The van der Waals surface area contributed by atoms with Gasteiger partial charge in [-0.1, -0.05) is 30.3 Å². The number of benzene rings is 2. The van der Waals surface area contributed by atoms with Crippen molar-refractivity contribution in [1.29, 1.82) is 0 Å². The average Bonchev–Trinajstić information content (AvgIpc) is 3.01. The summed E-state index contributed by atoms with van der Waals surface area (Å²) in [5, 5.41) is 3.36. The number of aryl methyl sites for hydroxylation is 1. The number of aromatic nitrogens is 3. The Hall–Kier alpha value is -3.25. The zero-order chi connectivity index (χ0) is 18.6. The molecule has 0 saturated heterocycles. The Morgan fingerprint density at radius 3 is 2.67 bits per heavy atom. The van der Waals surface area contributed by atoms with Gasteiger partial charge in [-0.25, -0.2) is 14.4 Å². The van der Waals surface area contributed by atoms with E-state index in [1.165, 1.54) is 6.07 Å². The van der Waals surface area contributed by atoms with Crippen LogP contribution in [-0.2, 0) is 20.1 Å². The third-order valence-corrected chi connectivity index (χ3v) is 4.37. The van der Waals surface area contributed by atoms with E-state index in [-0.39, 0.29) is 5.75 Å². The molecule has 2 heterocycles. The summed E-state index contributed by atoms with van der Waals surface area (Å²) in [4.78, 5) is 8.89. The van der Waals surface area contributed by atoms with Crippen LogP contribution in [0.5, 0.6) is 11.6 Å². The Labute approximate surface area is 156 Å². The van der Waals surface area contributed by atoms with Crippen LogP contribution in [-0.4, -0.2) is 14.5 Å². The van der Waals surface area contributed by atoms with Crippen molar-refractivity contribution < 1.29 is 9.13 Å². The summed E-state index contributed by atoms with van der Waals surface area (Å²) in [7, 11) is 2.00. The maximum atomic E-state index is 13.8. The third-order valence-electron chi connectivity index (χ3n) is 4.37. The molecule has 4 aromatic rings. The predicted molar refractivity (Wildman–Crippen MR) is 102 cm³/mol. The summed E-state index contributed by atoms with van der Waals surface area (Å²) in [6.45, 7) is 1.13. The Bertz CT molecular complexity index is 1080. The molecule has 0 aliphatic carbocycles. The third kappa shape index (κ3) is 3.66. The lowest BCUT2D eigenvalue weighted by atomic mass is 10.2. The molecule has 0 amide bonds. The van der Waals surface area contributed by atoms with E-state index in [2.05, 4.69) is 19.9 Å². The van der Waals surface area contributed by atoms with Crippen LogP contribution < -0.4 is 10.1 Å². The minimum absolute atomic E-state index is 0.160. The standard InChI is InChI=1S/C21H19FN4O/c1-26-18-10-4-3-9-17(18)25-20(26)14-23-13-15-7-6-12-24-21(15)27-19-11-5-2-8-16(19)22/h2-12,23H,13-14H2,1H3. The second-order valence-corrected chi connectivity index (χ2v) is 6.18. The van der Waals surface area contributed by atoms with Crippen LogP contribution in [0.15, 0.2) is 66.9 Å². The van der Waals surface area contributed by atoms with E-state index in [0.717, 1.165) is 22.4 Å². The molecule has 0 aliphatic rings. The molecule has 2 aromatic heterocycles. The number of hydrogen-bond donors (Lipinski definition) is 1. The average molecular weight is 362 g/mol. The summed E-state index contributed by atoms with van der Waals surface area (Å²) < 4.78 is 21.6. The second-order valence-electron chi connectivity index (χ2n) is 6.18. The first-order chi connectivity index (χ1) is 13.2. The van der Waals surface area contributed by atoms with Crippen molar-refractivity contribution >= 4 is 11.0 Å². The molecule has 0 spiro atoms. The van der Waals surface area contributed by atoms with Crippen LogP contribution in [0.25, 0.3) is 11.0 Å². The van der Waals surface area contributed by atoms with Gasteiger partial charge in [0.05, 0.1) is 17.6 Å². The van der Waals surface area contributed by atoms with Gasteiger partial charge in [0.25, 0.3) is 0 Å². The normalized spacial score (nSPS) is 11.0. The van der Waals surface area contributed by atoms with Crippen molar-refractivity contribution in [3.8, 4) is 11.6 Å². The van der Waals surface area contributed by atoms with E-state index >= 15 is 0 Å². The van der Waals surface area contributed by atoms with Gasteiger partial charge in [-0.15, -0.1) is 0 Å². The zero-order valence-electron chi connectivity index (χ0n) is 14.9. The van der Waals surface area contributed by atoms with Gasteiger partial charge < -0.3 is 14.6 Å². The van der Waals surface area contributed by atoms with Crippen LogP contribution in [0.2, 0.25) is 0 Å². The summed E-state index contributed by atoms with van der Waals surface area (Å²) in [5.41, 5.74) is 2.92. The molecule has 2 aromatic carbocycles. The van der Waals surface area contributed by atoms with Crippen LogP contribution in [0.3, 0.4) is 0 Å². The Morgan fingerprint density at radius 1 is 1.00 bits per heavy atom. The van der Waals surface area contributed by atoms with Crippen LogP contribution in [0.4, 0.5) is 4.39 Å². The molecule has 0 atom stereocenters. The topological polar surface area (TPSA) is 52.0 Å². The summed E-state index contributed by atoms with van der Waals surface area (Å²) in [6.07, 6.45) is 1.63. The van der Waals surface area contributed by atoms with E-state index in [0.29, 0.717) is 19.0 Å². The highest BCUT2D eigenvalue weighted by molar-refractivity contribution is 5.75. The van der Waals surface area contributed by atoms with Crippen molar-refractivity contribution in [3.05, 3.63) is 84.1 Å². The maximum absolute atomic E-state index is 13.8. The Balaban J connectivity index is 1.47. The molecule has 5 nitrogen and oxygen atoms in total. The monoisotopic (exact) mass is 362 g/mol. The highest BCUT2D eigenvalue weighted by atomic mass is 19.1. The zero-order valence-corrected chi connectivity index (χ0v) is 14.9. The van der Waals surface area contributed by atoms with Gasteiger partial charge in [-0.3, -0.25) is 0 Å². The number of para-hydroxylation sites is 3. The predicted octanol–water partition coefficient (Wildman–Crippen LogP) is 4.19. The molecular weight excluding hydrogens is 343 g/mol. The largest absolute Gasteiger partial charge is 0.436 e. The first-order valence-corrected chi connectivity index (χ1v) is 8.69. The second kappa shape index (κ2) is 7.55. The molecule has 0 radical (unpaired) electrons. The maximum Gasteiger partial charge on any atom is 0.223 e. The van der Waals surface area contributed by atoms with Crippen molar-refractivity contribution in [2.75, 3.05) is 0 Å². The number of fused-ring (bicyclic) bond motifs is 1. The molecule has 0 bridgehead atoms. The van der Waals surface area contributed by atoms with Crippen molar-refractivity contribution in [3.63, 3.8) is 0 Å². The van der Waals surface area contributed by atoms with Crippen LogP contribution >= 0.6 is 0 Å². The lowest BCUT2D eigenvalue weighted by Crippen LogP contribution is -2.16. The van der Waals surface area contributed by atoms with Gasteiger partial charge in [0.2, 0.25) is 5.88 Å². The quantitative estimate of drug-likeness (QED) is 0.559. The van der Waals surface area contributed by atoms with Gasteiger partial charge >= 0.3 is 0 Å². The Morgan fingerprint density at radius 2 is 1.81 bits per heavy atom. The number of rotatable bonds is 6. The van der Waals surface area contributed by atoms with Gasteiger partial charge in [-0.2, -0.15) is 0 Å². The fourth-order valence-corrected chi connectivity index (χ4v) is 2.94. The first-order valence-electron chi connectivity index (χ1n) is 8.69. The van der Waals surface area contributed by atoms with Crippen LogP contribution in [0, 0.1) is 5.82 Å². The number of halogens is 1. The van der Waals surface area contributed by atoms with Crippen LogP contribution in [0.1, 0.15) is 11.4 Å². The first kappa shape index (κ1) is 17.2. The van der Waals surface area contributed by atoms with Crippen molar-refractivity contribution in [2.24, 2.45) is 7.05 Å². The molecular formula is C21H19FN4O. The number of ether oxygens (including phenoxy) is 1. The van der Waals surface area contributed by atoms with Gasteiger partial charge in [-0.05, 0) is 30.3 Å². The molecule has 136 valence electrons. The minimum atomic E-state index is -0.415. The number of pyridine rings is 1. The summed E-state index contributed by atoms with van der Waals surface area (Å²) in [5.74, 6) is 1.08. The highest BCUT2D eigenvalue weighted by Crippen LogP contribution is 2.25. The number of hydrogen-bond acceptors (Lipinski definition) is 4. The van der Waals surface area contributed by atoms with E-state index in [1.807, 2.05) is 43.4 Å². The van der Waals surface area contributed by atoms with Gasteiger partial charge in [0.15, 0.2) is 11.6 Å². The summed E-state index contributed by atoms with van der Waals surface area (Å²) >= 11 is 0. The molecule has 0 saturated carbocycles. The number of nitrogens with zero attached hydrogens (tertiary/aromatic N) is 3. The molecule has 4 rings (SSSR count). The molecule has 0 aliphatic heterocycles. The van der Waals surface area contributed by atoms with Gasteiger partial charge in [0.1, 0.15) is 5.82 Å². The lowest BCUT2D eigenvalue weighted by molar-refractivity contribution is 0.420. The smallest absolute Gasteiger partial charge is 0.223 e. The van der Waals surface area contributed by atoms with Crippen molar-refractivity contribution in [2.45, 2.75) is 13.1 Å². The molecule has 6 heteroatoms. The van der Waals surface area contributed by atoms with E-state index < -0.39 is 5.82 Å². The molecule has 0 unspecified atom stereocenters. The molecule has 1 N–H and O–H groups in total. The minimum Gasteiger partial charge on any atom is -0.436 e. The van der Waals surface area contributed by atoms with E-state index in [9.17, 15) is 4.39 Å².